The Morgan fingerprint density at radius 3 is 1.94 bits per heavy atom. The lowest BCUT2D eigenvalue weighted by Gasteiger charge is -2.35. The van der Waals surface area contributed by atoms with Crippen molar-refractivity contribution in [1.29, 1.82) is 0 Å². The van der Waals surface area contributed by atoms with Gasteiger partial charge in [0.1, 0.15) is 5.69 Å². The molecular formula is C28H35N5O. The molecule has 3 heterocycles. The maximum absolute atomic E-state index is 13.7. The predicted octanol–water partition coefficient (Wildman–Crippen LogP) is 4.01. The van der Waals surface area contributed by atoms with E-state index in [1.807, 2.05) is 15.8 Å². The molecule has 0 spiro atoms. The van der Waals surface area contributed by atoms with E-state index in [0.717, 1.165) is 56.2 Å². The zero-order chi connectivity index (χ0) is 23.5. The van der Waals surface area contributed by atoms with Gasteiger partial charge < -0.3 is 9.80 Å². The fourth-order valence-electron chi connectivity index (χ4n) is 4.92. The Morgan fingerprint density at radius 1 is 0.765 bits per heavy atom. The predicted molar refractivity (Wildman–Crippen MR) is 136 cm³/mol. The third-order valence-electron chi connectivity index (χ3n) is 7.16. The van der Waals surface area contributed by atoms with E-state index in [1.165, 1.54) is 37.1 Å². The number of likely N-dealkylation sites (tertiary alicyclic amines) is 1. The Bertz CT molecular complexity index is 1100. The van der Waals surface area contributed by atoms with Crippen molar-refractivity contribution in [3.63, 3.8) is 0 Å². The van der Waals surface area contributed by atoms with Crippen LogP contribution >= 0.6 is 0 Å². The summed E-state index contributed by atoms with van der Waals surface area (Å²) < 4.78 is 1.84. The number of rotatable bonds is 6. The largest absolute Gasteiger partial charge is 0.336 e. The van der Waals surface area contributed by atoms with E-state index < -0.39 is 0 Å². The summed E-state index contributed by atoms with van der Waals surface area (Å²) >= 11 is 0. The van der Waals surface area contributed by atoms with E-state index in [0.29, 0.717) is 5.56 Å². The maximum atomic E-state index is 13.7. The summed E-state index contributed by atoms with van der Waals surface area (Å²) in [5, 5.41) is 4.87. The van der Waals surface area contributed by atoms with Gasteiger partial charge in [-0.1, -0.05) is 47.5 Å². The van der Waals surface area contributed by atoms with Crippen LogP contribution in [0.2, 0.25) is 0 Å². The number of carbonyl (C=O) groups excluding carboxylic acids is 1. The second kappa shape index (κ2) is 10.1. The minimum Gasteiger partial charge on any atom is -0.336 e. The van der Waals surface area contributed by atoms with Gasteiger partial charge in [-0.3, -0.25) is 9.69 Å². The molecule has 6 heteroatoms. The standard InChI is InChI=1S/C28H35N5O/c1-22-5-9-24(10-6-22)27-26(21-33(29-27)25-11-7-23(2)8-12-25)28(34)32-19-17-31(18-20-32)16-15-30-13-3-4-14-30/h5-12,21H,3-4,13-20H2,1-2H3. The maximum Gasteiger partial charge on any atom is 0.257 e. The van der Waals surface area contributed by atoms with Gasteiger partial charge in [-0.15, -0.1) is 0 Å². The number of carbonyl (C=O) groups is 1. The van der Waals surface area contributed by atoms with E-state index in [9.17, 15) is 4.79 Å². The Kier molecular flexibility index (Phi) is 6.79. The Morgan fingerprint density at radius 2 is 1.32 bits per heavy atom. The molecular weight excluding hydrogens is 422 g/mol. The van der Waals surface area contributed by atoms with Crippen LogP contribution in [0.1, 0.15) is 34.3 Å². The highest BCUT2D eigenvalue weighted by atomic mass is 16.2. The van der Waals surface area contributed by atoms with Gasteiger partial charge >= 0.3 is 0 Å². The van der Waals surface area contributed by atoms with Gasteiger partial charge in [-0.05, 0) is 51.9 Å². The van der Waals surface area contributed by atoms with Crippen LogP contribution < -0.4 is 0 Å². The molecule has 2 aliphatic rings. The van der Waals surface area contributed by atoms with Gasteiger partial charge in [0.25, 0.3) is 5.91 Å². The van der Waals surface area contributed by atoms with Crippen LogP contribution in [0.25, 0.3) is 16.9 Å². The summed E-state index contributed by atoms with van der Waals surface area (Å²) in [5.41, 5.74) is 5.76. The van der Waals surface area contributed by atoms with Gasteiger partial charge in [0.2, 0.25) is 0 Å². The lowest BCUT2D eigenvalue weighted by molar-refractivity contribution is 0.0627. The summed E-state index contributed by atoms with van der Waals surface area (Å²) in [6.07, 6.45) is 4.58. The average molecular weight is 458 g/mol. The van der Waals surface area contributed by atoms with Crippen molar-refractivity contribution in [3.8, 4) is 16.9 Å². The minimum absolute atomic E-state index is 0.0770. The van der Waals surface area contributed by atoms with Crippen molar-refractivity contribution in [3.05, 3.63) is 71.4 Å². The Labute approximate surface area is 202 Å². The first-order chi connectivity index (χ1) is 16.6. The molecule has 6 nitrogen and oxygen atoms in total. The fraction of sp³-hybridized carbons (Fsp3) is 0.429. The van der Waals surface area contributed by atoms with E-state index in [2.05, 4.69) is 72.2 Å². The van der Waals surface area contributed by atoms with E-state index in [4.69, 9.17) is 5.10 Å². The van der Waals surface area contributed by atoms with Crippen LogP contribution in [0.4, 0.5) is 0 Å². The zero-order valence-corrected chi connectivity index (χ0v) is 20.4. The molecule has 0 radical (unpaired) electrons. The molecule has 178 valence electrons. The second-order valence-electron chi connectivity index (χ2n) is 9.72. The number of aryl methyl sites for hydroxylation is 2. The lowest BCUT2D eigenvalue weighted by Crippen LogP contribution is -2.50. The summed E-state index contributed by atoms with van der Waals surface area (Å²) in [7, 11) is 0. The Hall–Kier alpha value is -2.96. The molecule has 0 saturated carbocycles. The van der Waals surface area contributed by atoms with Crippen LogP contribution in [0.3, 0.4) is 0 Å². The van der Waals surface area contributed by atoms with Crippen molar-refractivity contribution < 1.29 is 4.79 Å². The molecule has 0 unspecified atom stereocenters. The molecule has 0 aliphatic carbocycles. The van der Waals surface area contributed by atoms with Gasteiger partial charge in [-0.2, -0.15) is 5.10 Å². The molecule has 3 aromatic rings. The molecule has 1 aromatic heterocycles. The quantitative estimate of drug-likeness (QED) is 0.561. The smallest absolute Gasteiger partial charge is 0.257 e. The highest BCUT2D eigenvalue weighted by molar-refractivity contribution is 6.00. The zero-order valence-electron chi connectivity index (χ0n) is 20.4. The monoisotopic (exact) mass is 457 g/mol. The topological polar surface area (TPSA) is 44.6 Å². The van der Waals surface area contributed by atoms with Crippen molar-refractivity contribution in [1.82, 2.24) is 24.5 Å². The molecule has 0 N–H and O–H groups in total. The van der Waals surface area contributed by atoms with E-state index in [1.54, 1.807) is 0 Å². The van der Waals surface area contributed by atoms with Crippen LogP contribution in [0, 0.1) is 13.8 Å². The highest BCUT2D eigenvalue weighted by Gasteiger charge is 2.27. The number of amides is 1. The molecule has 5 rings (SSSR count). The van der Waals surface area contributed by atoms with Gasteiger partial charge in [0.05, 0.1) is 11.3 Å². The molecule has 1 amide bonds. The van der Waals surface area contributed by atoms with Crippen LogP contribution in [-0.4, -0.2) is 82.7 Å². The SMILES string of the molecule is Cc1ccc(-c2nn(-c3ccc(C)cc3)cc2C(=O)N2CCN(CCN3CCCC3)CC2)cc1. The molecule has 2 aliphatic heterocycles. The number of hydrogen-bond donors (Lipinski definition) is 0. The average Bonchev–Trinajstić information content (AvgIpc) is 3.54. The van der Waals surface area contributed by atoms with Gasteiger partial charge in [0.15, 0.2) is 0 Å². The van der Waals surface area contributed by atoms with Gasteiger partial charge in [-0.25, -0.2) is 4.68 Å². The first kappa shape index (κ1) is 22.8. The minimum atomic E-state index is 0.0770. The van der Waals surface area contributed by atoms with Crippen LogP contribution in [-0.2, 0) is 0 Å². The summed E-state index contributed by atoms with van der Waals surface area (Å²) in [5.74, 6) is 0.0770. The fourth-order valence-corrected chi connectivity index (χ4v) is 4.92. The summed E-state index contributed by atoms with van der Waals surface area (Å²) in [6, 6.07) is 16.5. The molecule has 34 heavy (non-hydrogen) atoms. The van der Waals surface area contributed by atoms with Gasteiger partial charge in [0, 0.05) is 51.0 Å². The van der Waals surface area contributed by atoms with Crippen LogP contribution in [0.15, 0.2) is 54.7 Å². The van der Waals surface area contributed by atoms with E-state index in [-0.39, 0.29) is 5.91 Å². The summed E-state index contributed by atoms with van der Waals surface area (Å²) in [6.45, 7) is 12.3. The molecule has 0 bridgehead atoms. The van der Waals surface area contributed by atoms with Crippen molar-refractivity contribution in [2.75, 3.05) is 52.4 Å². The number of aromatic nitrogens is 2. The van der Waals surface area contributed by atoms with Crippen molar-refractivity contribution in [2.45, 2.75) is 26.7 Å². The number of benzene rings is 2. The van der Waals surface area contributed by atoms with Crippen molar-refractivity contribution in [2.24, 2.45) is 0 Å². The highest BCUT2D eigenvalue weighted by Crippen LogP contribution is 2.26. The summed E-state index contributed by atoms with van der Waals surface area (Å²) in [4.78, 5) is 20.7. The van der Waals surface area contributed by atoms with E-state index >= 15 is 0 Å². The van der Waals surface area contributed by atoms with Crippen LogP contribution in [0.5, 0.6) is 0 Å². The normalized spacial score (nSPS) is 17.4. The molecule has 2 aromatic carbocycles. The first-order valence-corrected chi connectivity index (χ1v) is 12.5. The van der Waals surface area contributed by atoms with Crippen molar-refractivity contribution >= 4 is 5.91 Å². The molecule has 2 fully saturated rings. The second-order valence-corrected chi connectivity index (χ2v) is 9.72. The number of nitrogens with zero attached hydrogens (tertiary/aromatic N) is 5. The molecule has 2 saturated heterocycles. The third-order valence-corrected chi connectivity index (χ3v) is 7.16. The number of hydrogen-bond acceptors (Lipinski definition) is 4. The lowest BCUT2D eigenvalue weighted by atomic mass is 10.1. The first-order valence-electron chi connectivity index (χ1n) is 12.5. The third kappa shape index (κ3) is 5.08. The molecule has 0 atom stereocenters. The Balaban J connectivity index is 1.33. The number of piperazine rings is 1.